The molecule has 0 saturated carbocycles. The van der Waals surface area contributed by atoms with Gasteiger partial charge in [0, 0.05) is 17.5 Å². The molecule has 0 fully saturated rings. The van der Waals surface area contributed by atoms with Crippen LogP contribution in [0.1, 0.15) is 41.0 Å². The van der Waals surface area contributed by atoms with E-state index in [0.29, 0.717) is 6.04 Å². The number of nitrogens with one attached hydrogen (secondary N) is 1. The molecule has 2 aromatic rings. The molecule has 98 valence electrons. The first kappa shape index (κ1) is 13.8. The summed E-state index contributed by atoms with van der Waals surface area (Å²) in [6.07, 6.45) is 1.08. The maximum absolute atomic E-state index is 8.87. The van der Waals surface area contributed by atoms with Gasteiger partial charge in [0.25, 0.3) is 0 Å². The zero-order chi connectivity index (χ0) is 13.7. The van der Waals surface area contributed by atoms with Crippen molar-refractivity contribution < 1.29 is 0 Å². The van der Waals surface area contributed by atoms with Crippen LogP contribution in [0, 0.1) is 18.3 Å². The highest BCUT2D eigenvalue weighted by atomic mass is 32.1. The lowest BCUT2D eigenvalue weighted by atomic mass is 10.0. The number of nitriles is 1. The van der Waals surface area contributed by atoms with Gasteiger partial charge in [-0.3, -0.25) is 0 Å². The molecule has 0 radical (unpaired) electrons. The summed E-state index contributed by atoms with van der Waals surface area (Å²) in [6.45, 7) is 5.10. The molecule has 3 heteroatoms. The van der Waals surface area contributed by atoms with Crippen molar-refractivity contribution in [2.24, 2.45) is 0 Å². The van der Waals surface area contributed by atoms with Crippen molar-refractivity contribution >= 4 is 11.3 Å². The Balaban J connectivity index is 2.04. The van der Waals surface area contributed by atoms with E-state index >= 15 is 0 Å². The molecule has 0 aliphatic carbocycles. The van der Waals surface area contributed by atoms with Gasteiger partial charge in [0.05, 0.1) is 11.6 Å². The highest BCUT2D eigenvalue weighted by Gasteiger charge is 2.10. The monoisotopic (exact) mass is 270 g/mol. The Morgan fingerprint density at radius 2 is 2.21 bits per heavy atom. The number of thiophene rings is 1. The Morgan fingerprint density at radius 3 is 2.79 bits per heavy atom. The number of hydrogen-bond acceptors (Lipinski definition) is 3. The van der Waals surface area contributed by atoms with Crippen LogP contribution >= 0.6 is 11.3 Å². The van der Waals surface area contributed by atoms with E-state index in [-0.39, 0.29) is 0 Å². The summed E-state index contributed by atoms with van der Waals surface area (Å²) in [6, 6.07) is 12.7. The van der Waals surface area contributed by atoms with Crippen molar-refractivity contribution in [1.82, 2.24) is 5.32 Å². The number of hydrogen-bond donors (Lipinski definition) is 1. The molecule has 1 heterocycles. The first-order valence-electron chi connectivity index (χ1n) is 6.51. The van der Waals surface area contributed by atoms with Gasteiger partial charge < -0.3 is 5.32 Å². The summed E-state index contributed by atoms with van der Waals surface area (Å²) < 4.78 is 0. The summed E-state index contributed by atoms with van der Waals surface area (Å²) in [5.74, 6) is 0. The number of rotatable bonds is 5. The van der Waals surface area contributed by atoms with Gasteiger partial charge in [0.1, 0.15) is 0 Å². The van der Waals surface area contributed by atoms with Crippen LogP contribution in [0.5, 0.6) is 0 Å². The third-order valence-corrected chi connectivity index (χ3v) is 4.29. The van der Waals surface area contributed by atoms with Crippen LogP contribution in [-0.2, 0) is 6.54 Å². The van der Waals surface area contributed by atoms with E-state index in [2.05, 4.69) is 42.7 Å². The smallest absolute Gasteiger partial charge is 0.0991 e. The summed E-state index contributed by atoms with van der Waals surface area (Å²) in [4.78, 5) is 1.38. The van der Waals surface area contributed by atoms with Crippen LogP contribution in [0.25, 0.3) is 0 Å². The van der Waals surface area contributed by atoms with Gasteiger partial charge >= 0.3 is 0 Å². The van der Waals surface area contributed by atoms with Crippen LogP contribution in [-0.4, -0.2) is 0 Å². The second kappa shape index (κ2) is 6.51. The minimum atomic E-state index is 0.412. The van der Waals surface area contributed by atoms with Crippen LogP contribution in [0.3, 0.4) is 0 Å². The van der Waals surface area contributed by atoms with Crippen molar-refractivity contribution in [3.63, 3.8) is 0 Å². The van der Waals surface area contributed by atoms with E-state index < -0.39 is 0 Å². The molecule has 1 N–H and O–H groups in total. The van der Waals surface area contributed by atoms with E-state index in [1.807, 2.05) is 18.2 Å². The molecule has 0 bridgehead atoms. The van der Waals surface area contributed by atoms with E-state index in [0.717, 1.165) is 18.5 Å². The normalized spacial score (nSPS) is 12.1. The topological polar surface area (TPSA) is 35.8 Å². The predicted molar refractivity (Wildman–Crippen MR) is 80.1 cm³/mol. The molecule has 0 aliphatic rings. The van der Waals surface area contributed by atoms with Crippen LogP contribution in [0.2, 0.25) is 0 Å². The minimum absolute atomic E-state index is 0.412. The molecular formula is C16H18N2S. The van der Waals surface area contributed by atoms with E-state index in [9.17, 15) is 0 Å². The Hall–Kier alpha value is -1.63. The molecule has 1 atom stereocenters. The van der Waals surface area contributed by atoms with E-state index in [1.165, 1.54) is 16.0 Å². The molecule has 0 amide bonds. The van der Waals surface area contributed by atoms with Crippen LogP contribution < -0.4 is 5.32 Å². The third kappa shape index (κ3) is 3.44. The Labute approximate surface area is 118 Å². The zero-order valence-corrected chi connectivity index (χ0v) is 12.1. The molecule has 0 saturated heterocycles. The third-order valence-electron chi connectivity index (χ3n) is 3.31. The zero-order valence-electron chi connectivity index (χ0n) is 11.3. The second-order valence-corrected chi connectivity index (χ2v) is 5.59. The fourth-order valence-electron chi connectivity index (χ4n) is 2.13. The standard InChI is InChI=1S/C16H18N2S/c1-3-15(16-5-4-8-19-16)18-11-14-7-6-13(10-17)9-12(14)2/h4-9,15,18H,3,11H2,1-2H3. The molecule has 2 nitrogen and oxygen atoms in total. The largest absolute Gasteiger partial charge is 0.305 e. The van der Waals surface area contributed by atoms with E-state index in [1.54, 1.807) is 11.3 Å². The van der Waals surface area contributed by atoms with Crippen molar-refractivity contribution in [1.29, 1.82) is 5.26 Å². The Morgan fingerprint density at radius 1 is 1.37 bits per heavy atom. The Kier molecular flexibility index (Phi) is 4.73. The van der Waals surface area contributed by atoms with Gasteiger partial charge in [-0.05, 0) is 48.1 Å². The highest BCUT2D eigenvalue weighted by molar-refractivity contribution is 7.10. The summed E-state index contributed by atoms with van der Waals surface area (Å²) in [5, 5.41) is 14.6. The fourth-order valence-corrected chi connectivity index (χ4v) is 3.02. The summed E-state index contributed by atoms with van der Waals surface area (Å²) >= 11 is 1.80. The fraction of sp³-hybridized carbons (Fsp3) is 0.312. The number of nitrogens with zero attached hydrogens (tertiary/aromatic N) is 1. The average molecular weight is 270 g/mol. The van der Waals surface area contributed by atoms with Crippen molar-refractivity contribution in [3.05, 3.63) is 57.3 Å². The van der Waals surface area contributed by atoms with Gasteiger partial charge in [-0.15, -0.1) is 11.3 Å². The average Bonchev–Trinajstić information content (AvgIpc) is 2.95. The van der Waals surface area contributed by atoms with Crippen molar-refractivity contribution in [2.45, 2.75) is 32.9 Å². The maximum Gasteiger partial charge on any atom is 0.0991 e. The van der Waals surface area contributed by atoms with Crippen molar-refractivity contribution in [3.8, 4) is 6.07 Å². The second-order valence-electron chi connectivity index (χ2n) is 4.61. The van der Waals surface area contributed by atoms with Gasteiger partial charge in [0.2, 0.25) is 0 Å². The van der Waals surface area contributed by atoms with Gasteiger partial charge in [-0.1, -0.05) is 19.1 Å². The van der Waals surface area contributed by atoms with Crippen LogP contribution in [0.15, 0.2) is 35.7 Å². The lowest BCUT2D eigenvalue weighted by Gasteiger charge is -2.16. The molecule has 19 heavy (non-hydrogen) atoms. The quantitative estimate of drug-likeness (QED) is 0.885. The lowest BCUT2D eigenvalue weighted by Crippen LogP contribution is -2.19. The van der Waals surface area contributed by atoms with Crippen molar-refractivity contribution in [2.75, 3.05) is 0 Å². The minimum Gasteiger partial charge on any atom is -0.305 e. The maximum atomic E-state index is 8.87. The van der Waals surface area contributed by atoms with Gasteiger partial charge in [0.15, 0.2) is 0 Å². The lowest BCUT2D eigenvalue weighted by molar-refractivity contribution is 0.525. The number of aryl methyl sites for hydroxylation is 1. The SMILES string of the molecule is CCC(NCc1ccc(C#N)cc1C)c1cccs1. The Bertz CT molecular complexity index is 567. The van der Waals surface area contributed by atoms with E-state index in [4.69, 9.17) is 5.26 Å². The first-order chi connectivity index (χ1) is 9.24. The summed E-state index contributed by atoms with van der Waals surface area (Å²) in [5.41, 5.74) is 3.16. The first-order valence-corrected chi connectivity index (χ1v) is 7.39. The molecule has 1 aromatic carbocycles. The molecule has 0 aliphatic heterocycles. The van der Waals surface area contributed by atoms with Crippen LogP contribution in [0.4, 0.5) is 0 Å². The molecule has 1 aromatic heterocycles. The summed E-state index contributed by atoms with van der Waals surface area (Å²) in [7, 11) is 0. The molecular weight excluding hydrogens is 252 g/mol. The molecule has 2 rings (SSSR count). The number of benzene rings is 1. The molecule has 0 spiro atoms. The predicted octanol–water partition coefficient (Wildman–Crippen LogP) is 4.17. The van der Waals surface area contributed by atoms with Gasteiger partial charge in [-0.2, -0.15) is 5.26 Å². The van der Waals surface area contributed by atoms with Gasteiger partial charge in [-0.25, -0.2) is 0 Å². The molecule has 1 unspecified atom stereocenters. The highest BCUT2D eigenvalue weighted by Crippen LogP contribution is 2.22.